The molecule has 2 amide bonds. The van der Waals surface area contributed by atoms with Crippen LogP contribution in [0, 0.1) is 11.8 Å². The highest BCUT2D eigenvalue weighted by atomic mass is 16.2. The molecule has 3 aliphatic rings. The molecule has 2 fully saturated rings. The number of carbonyl (C=O) groups excluding carboxylic acids is 2. The average Bonchev–Trinajstić information content (AvgIpc) is 2.93. The number of benzene rings is 1. The second kappa shape index (κ2) is 7.12. The summed E-state index contributed by atoms with van der Waals surface area (Å²) in [6.07, 6.45) is 8.48. The van der Waals surface area contributed by atoms with E-state index in [1.54, 1.807) is 4.90 Å². The van der Waals surface area contributed by atoms with E-state index < -0.39 is 0 Å². The minimum atomic E-state index is -0.0892. The summed E-state index contributed by atoms with van der Waals surface area (Å²) < 4.78 is 0. The minimum absolute atomic E-state index is 0.0853. The van der Waals surface area contributed by atoms with Crippen molar-refractivity contribution in [2.75, 3.05) is 19.6 Å². The smallest absolute Gasteiger partial charge is 0.233 e. The standard InChI is InChI=1S/C21H26N2O2/c24-20-18-8-4-5-9-19(18)21(25)23(20)17-11-14-22(15-12-17)13-10-16-6-2-1-3-7-16/h1-7,17-19H,8-15H2/t18-,19+. The van der Waals surface area contributed by atoms with Gasteiger partial charge in [0.1, 0.15) is 0 Å². The van der Waals surface area contributed by atoms with Crippen LogP contribution >= 0.6 is 0 Å². The van der Waals surface area contributed by atoms with Crippen LogP contribution in [0.15, 0.2) is 42.5 Å². The molecule has 0 spiro atoms. The fourth-order valence-corrected chi connectivity index (χ4v) is 4.52. The molecule has 25 heavy (non-hydrogen) atoms. The summed E-state index contributed by atoms with van der Waals surface area (Å²) in [5, 5.41) is 0. The van der Waals surface area contributed by atoms with Gasteiger partial charge >= 0.3 is 0 Å². The van der Waals surface area contributed by atoms with Gasteiger partial charge in [0.05, 0.1) is 11.8 Å². The molecule has 2 saturated heterocycles. The SMILES string of the molecule is O=C1[C@H]2CC=CC[C@H]2C(=O)N1C1CCN(CCc2ccccc2)CC1. The van der Waals surface area contributed by atoms with Crippen LogP contribution < -0.4 is 0 Å². The lowest BCUT2D eigenvalue weighted by molar-refractivity contribution is -0.143. The molecule has 0 aromatic heterocycles. The lowest BCUT2D eigenvalue weighted by Gasteiger charge is -2.36. The molecular weight excluding hydrogens is 312 g/mol. The highest BCUT2D eigenvalue weighted by Crippen LogP contribution is 2.37. The number of hydrogen-bond acceptors (Lipinski definition) is 3. The summed E-state index contributed by atoms with van der Waals surface area (Å²) in [5.74, 6) is -0.00797. The number of imide groups is 1. The van der Waals surface area contributed by atoms with Gasteiger partial charge in [-0.25, -0.2) is 0 Å². The van der Waals surface area contributed by atoms with Gasteiger partial charge in [0.25, 0.3) is 0 Å². The Labute approximate surface area is 149 Å². The lowest BCUT2D eigenvalue weighted by Crippen LogP contribution is -2.48. The average molecular weight is 338 g/mol. The molecule has 2 atom stereocenters. The predicted molar refractivity (Wildman–Crippen MR) is 96.8 cm³/mol. The zero-order valence-corrected chi connectivity index (χ0v) is 14.6. The largest absolute Gasteiger partial charge is 0.303 e. The van der Waals surface area contributed by atoms with E-state index in [2.05, 4.69) is 41.3 Å². The number of hydrogen-bond donors (Lipinski definition) is 0. The molecule has 4 heteroatoms. The Morgan fingerprint density at radius 2 is 1.48 bits per heavy atom. The van der Waals surface area contributed by atoms with E-state index in [9.17, 15) is 9.59 Å². The van der Waals surface area contributed by atoms with Crippen molar-refractivity contribution in [1.82, 2.24) is 9.80 Å². The molecule has 1 aromatic carbocycles. The number of carbonyl (C=O) groups is 2. The fourth-order valence-electron chi connectivity index (χ4n) is 4.52. The molecule has 1 aromatic rings. The summed E-state index contributed by atoms with van der Waals surface area (Å²) in [7, 11) is 0. The molecule has 2 heterocycles. The third kappa shape index (κ3) is 3.28. The first-order valence-electron chi connectivity index (χ1n) is 9.52. The quantitative estimate of drug-likeness (QED) is 0.626. The van der Waals surface area contributed by atoms with Gasteiger partial charge in [0, 0.05) is 25.7 Å². The van der Waals surface area contributed by atoms with Crippen LogP contribution in [0.3, 0.4) is 0 Å². The van der Waals surface area contributed by atoms with Gasteiger partial charge in [-0.2, -0.15) is 0 Å². The van der Waals surface area contributed by atoms with Gasteiger partial charge in [0.2, 0.25) is 11.8 Å². The second-order valence-corrected chi connectivity index (χ2v) is 7.51. The molecule has 4 rings (SSSR count). The third-order valence-electron chi connectivity index (χ3n) is 6.02. The topological polar surface area (TPSA) is 40.6 Å². The third-order valence-corrected chi connectivity index (χ3v) is 6.02. The van der Waals surface area contributed by atoms with Crippen LogP contribution in [0.2, 0.25) is 0 Å². The van der Waals surface area contributed by atoms with Crippen molar-refractivity contribution in [3.05, 3.63) is 48.0 Å². The van der Waals surface area contributed by atoms with Gasteiger partial charge < -0.3 is 4.90 Å². The molecule has 0 unspecified atom stereocenters. The van der Waals surface area contributed by atoms with Crippen LogP contribution in [0.5, 0.6) is 0 Å². The fraction of sp³-hybridized carbons (Fsp3) is 0.524. The van der Waals surface area contributed by atoms with Crippen molar-refractivity contribution in [3.63, 3.8) is 0 Å². The van der Waals surface area contributed by atoms with Crippen molar-refractivity contribution in [2.24, 2.45) is 11.8 Å². The summed E-state index contributed by atoms with van der Waals surface area (Å²) in [4.78, 5) is 29.5. The number of amides is 2. The van der Waals surface area contributed by atoms with Crippen LogP contribution in [0.1, 0.15) is 31.2 Å². The summed E-state index contributed by atoms with van der Waals surface area (Å²) in [6, 6.07) is 10.7. The van der Waals surface area contributed by atoms with Crippen molar-refractivity contribution >= 4 is 11.8 Å². The first-order chi connectivity index (χ1) is 12.2. The van der Waals surface area contributed by atoms with E-state index >= 15 is 0 Å². The van der Waals surface area contributed by atoms with E-state index in [0.29, 0.717) is 0 Å². The highest BCUT2D eigenvalue weighted by molar-refractivity contribution is 6.05. The molecule has 0 saturated carbocycles. The minimum Gasteiger partial charge on any atom is -0.303 e. The van der Waals surface area contributed by atoms with E-state index in [1.165, 1.54) is 5.56 Å². The monoisotopic (exact) mass is 338 g/mol. The van der Waals surface area contributed by atoms with E-state index in [1.807, 2.05) is 6.07 Å². The summed E-state index contributed by atoms with van der Waals surface area (Å²) >= 11 is 0. The number of rotatable bonds is 4. The molecule has 2 aliphatic heterocycles. The molecular formula is C21H26N2O2. The van der Waals surface area contributed by atoms with Crippen molar-refractivity contribution in [2.45, 2.75) is 38.1 Å². The molecule has 1 aliphatic carbocycles. The second-order valence-electron chi connectivity index (χ2n) is 7.51. The maximum Gasteiger partial charge on any atom is 0.233 e. The van der Waals surface area contributed by atoms with Crippen molar-refractivity contribution in [1.29, 1.82) is 0 Å². The molecule has 4 nitrogen and oxygen atoms in total. The van der Waals surface area contributed by atoms with Gasteiger partial charge in [0.15, 0.2) is 0 Å². The number of fused-ring (bicyclic) bond motifs is 1. The Balaban J connectivity index is 1.31. The molecule has 132 valence electrons. The van der Waals surface area contributed by atoms with Crippen LogP contribution in [0.25, 0.3) is 0 Å². The Morgan fingerprint density at radius 3 is 2.08 bits per heavy atom. The summed E-state index contributed by atoms with van der Waals surface area (Å²) in [5.41, 5.74) is 1.37. The zero-order valence-electron chi connectivity index (χ0n) is 14.6. The van der Waals surface area contributed by atoms with Crippen LogP contribution in [-0.2, 0) is 16.0 Å². The molecule has 0 radical (unpaired) electrons. The van der Waals surface area contributed by atoms with Crippen LogP contribution in [0.4, 0.5) is 0 Å². The Morgan fingerprint density at radius 1 is 0.880 bits per heavy atom. The van der Waals surface area contributed by atoms with E-state index in [4.69, 9.17) is 0 Å². The Bertz CT molecular complexity index is 636. The number of piperidine rings is 1. The maximum absolute atomic E-state index is 12.7. The van der Waals surface area contributed by atoms with E-state index in [0.717, 1.165) is 51.7 Å². The van der Waals surface area contributed by atoms with Crippen molar-refractivity contribution < 1.29 is 9.59 Å². The number of likely N-dealkylation sites (tertiary alicyclic amines) is 2. The van der Waals surface area contributed by atoms with Gasteiger partial charge in [-0.1, -0.05) is 42.5 Å². The van der Waals surface area contributed by atoms with E-state index in [-0.39, 0.29) is 29.7 Å². The van der Waals surface area contributed by atoms with Gasteiger partial charge in [-0.3, -0.25) is 14.5 Å². The Hall–Kier alpha value is -1.94. The first-order valence-corrected chi connectivity index (χ1v) is 9.52. The predicted octanol–water partition coefficient (Wildman–Crippen LogP) is 2.64. The van der Waals surface area contributed by atoms with Crippen LogP contribution in [-0.4, -0.2) is 47.3 Å². The first kappa shape index (κ1) is 16.5. The normalized spacial score (nSPS) is 27.8. The highest BCUT2D eigenvalue weighted by Gasteiger charge is 2.49. The Kier molecular flexibility index (Phi) is 4.71. The van der Waals surface area contributed by atoms with Crippen molar-refractivity contribution in [3.8, 4) is 0 Å². The number of nitrogens with zero attached hydrogens (tertiary/aromatic N) is 2. The maximum atomic E-state index is 12.7. The van der Waals surface area contributed by atoms with Gasteiger partial charge in [-0.05, 0) is 37.7 Å². The molecule has 0 N–H and O–H groups in total. The molecule has 0 bridgehead atoms. The number of allylic oxidation sites excluding steroid dienone is 2. The zero-order chi connectivity index (χ0) is 17.2. The summed E-state index contributed by atoms with van der Waals surface area (Å²) in [6.45, 7) is 3.00. The van der Waals surface area contributed by atoms with Gasteiger partial charge in [-0.15, -0.1) is 0 Å². The lowest BCUT2D eigenvalue weighted by atomic mass is 9.85.